The molecule has 2 aromatic heterocycles. The van der Waals surface area contributed by atoms with E-state index in [0.29, 0.717) is 24.3 Å². The maximum absolute atomic E-state index is 12.8. The predicted octanol–water partition coefficient (Wildman–Crippen LogP) is 1.94. The summed E-state index contributed by atoms with van der Waals surface area (Å²) in [7, 11) is 0. The molecule has 152 valence electrons. The van der Waals surface area contributed by atoms with Crippen molar-refractivity contribution in [1.29, 1.82) is 0 Å². The van der Waals surface area contributed by atoms with Crippen LogP contribution in [0, 0.1) is 11.8 Å². The molecule has 3 heterocycles. The first-order chi connectivity index (χ1) is 14.7. The second-order valence-corrected chi connectivity index (χ2v) is 7.93. The lowest BCUT2D eigenvalue weighted by atomic mass is 9.91. The molecule has 2 fully saturated rings. The predicted molar refractivity (Wildman–Crippen MR) is 109 cm³/mol. The lowest BCUT2D eigenvalue weighted by Gasteiger charge is -2.38. The molecule has 1 aliphatic heterocycles. The Labute approximate surface area is 173 Å². The van der Waals surface area contributed by atoms with Gasteiger partial charge in [0.25, 0.3) is 11.8 Å². The lowest BCUT2D eigenvalue weighted by molar-refractivity contribution is 0.0597. The van der Waals surface area contributed by atoms with Crippen molar-refractivity contribution in [2.24, 2.45) is 11.8 Å². The fraction of sp³-hybridized carbons (Fsp3) is 0.318. The molecule has 1 saturated carbocycles. The van der Waals surface area contributed by atoms with Crippen LogP contribution in [0.1, 0.15) is 33.7 Å². The molecule has 5 rings (SSSR count). The van der Waals surface area contributed by atoms with Crippen molar-refractivity contribution in [3.8, 4) is 5.69 Å². The van der Waals surface area contributed by atoms with Crippen LogP contribution < -0.4 is 5.32 Å². The Bertz CT molecular complexity index is 1040. The average Bonchev–Trinajstić information content (AvgIpc) is 3.36. The molecule has 8 nitrogen and oxygen atoms in total. The Kier molecular flexibility index (Phi) is 4.74. The molecule has 1 aliphatic carbocycles. The third kappa shape index (κ3) is 3.45. The van der Waals surface area contributed by atoms with Crippen LogP contribution in [0.2, 0.25) is 0 Å². The van der Waals surface area contributed by atoms with Crippen molar-refractivity contribution >= 4 is 11.8 Å². The molecule has 0 spiro atoms. The largest absolute Gasteiger partial charge is 0.347 e. The van der Waals surface area contributed by atoms with Gasteiger partial charge in [-0.05, 0) is 48.9 Å². The molecule has 3 aromatic rings. The number of amides is 2. The minimum Gasteiger partial charge on any atom is -0.347 e. The molecule has 2 amide bonds. The van der Waals surface area contributed by atoms with E-state index in [0.717, 1.165) is 18.5 Å². The van der Waals surface area contributed by atoms with E-state index in [4.69, 9.17) is 0 Å². The summed E-state index contributed by atoms with van der Waals surface area (Å²) in [5, 5.41) is 11.3. The first kappa shape index (κ1) is 18.5. The summed E-state index contributed by atoms with van der Waals surface area (Å²) >= 11 is 0. The number of nitrogens with zero attached hydrogens (tertiary/aromatic N) is 5. The van der Waals surface area contributed by atoms with Gasteiger partial charge in [-0.3, -0.25) is 14.6 Å². The smallest absolute Gasteiger partial charge is 0.273 e. The highest BCUT2D eigenvalue weighted by Gasteiger charge is 2.44. The number of rotatable bonds is 4. The highest BCUT2D eigenvalue weighted by atomic mass is 16.2. The lowest BCUT2D eigenvalue weighted by Crippen LogP contribution is -2.54. The molecule has 30 heavy (non-hydrogen) atoms. The third-order valence-corrected chi connectivity index (χ3v) is 6.07. The zero-order valence-corrected chi connectivity index (χ0v) is 16.4. The van der Waals surface area contributed by atoms with Crippen LogP contribution in [0.3, 0.4) is 0 Å². The first-order valence-corrected chi connectivity index (χ1v) is 10.2. The maximum Gasteiger partial charge on any atom is 0.273 e. The number of piperidine rings is 1. The number of carbonyl (C=O) groups is 2. The Hall–Kier alpha value is -3.55. The van der Waals surface area contributed by atoms with Gasteiger partial charge in [0.1, 0.15) is 0 Å². The average molecular weight is 402 g/mol. The van der Waals surface area contributed by atoms with Crippen molar-refractivity contribution in [2.75, 3.05) is 13.1 Å². The van der Waals surface area contributed by atoms with Crippen molar-refractivity contribution in [1.82, 2.24) is 30.2 Å². The molecule has 8 heteroatoms. The summed E-state index contributed by atoms with van der Waals surface area (Å²) in [5.41, 5.74) is 1.76. The second kappa shape index (κ2) is 7.70. The van der Waals surface area contributed by atoms with E-state index >= 15 is 0 Å². The zero-order valence-electron chi connectivity index (χ0n) is 16.4. The van der Waals surface area contributed by atoms with Gasteiger partial charge < -0.3 is 10.2 Å². The van der Waals surface area contributed by atoms with Crippen LogP contribution in [0.15, 0.2) is 61.1 Å². The van der Waals surface area contributed by atoms with Crippen LogP contribution in [0.25, 0.3) is 5.69 Å². The Morgan fingerprint density at radius 2 is 1.77 bits per heavy atom. The number of likely N-dealkylation sites (tertiary alicyclic amines) is 1. The molecule has 1 N–H and O–H groups in total. The number of fused-ring (bicyclic) bond motifs is 2. The summed E-state index contributed by atoms with van der Waals surface area (Å²) < 4.78 is 1.60. The maximum atomic E-state index is 12.8. The summed E-state index contributed by atoms with van der Waals surface area (Å²) in [4.78, 5) is 31.5. The number of benzene rings is 1. The van der Waals surface area contributed by atoms with Gasteiger partial charge in [-0.25, -0.2) is 4.68 Å². The van der Waals surface area contributed by atoms with Crippen molar-refractivity contribution < 1.29 is 9.59 Å². The van der Waals surface area contributed by atoms with Crippen LogP contribution >= 0.6 is 0 Å². The Balaban J connectivity index is 1.25. The van der Waals surface area contributed by atoms with Crippen LogP contribution in [-0.2, 0) is 0 Å². The fourth-order valence-electron chi connectivity index (χ4n) is 4.60. The normalized spacial score (nSPS) is 22.7. The standard InChI is InChI=1S/C22H22N6O2/c29-21(19-14-28(26-25-19)18-6-2-1-3-7-18)24-20-16-8-9-17(20)13-27(12-16)22(30)15-5-4-10-23-11-15/h1-7,10-11,14,16-17,20H,8-9,12-13H2,(H,24,29)/t16-,17+,20?. The minimum atomic E-state index is -0.217. The third-order valence-electron chi connectivity index (χ3n) is 6.07. The minimum absolute atomic E-state index is 0.00980. The van der Waals surface area contributed by atoms with E-state index in [1.165, 1.54) is 0 Å². The second-order valence-electron chi connectivity index (χ2n) is 7.93. The molecular formula is C22H22N6O2. The molecule has 1 aromatic carbocycles. The highest BCUT2D eigenvalue weighted by Crippen LogP contribution is 2.37. The summed E-state index contributed by atoms with van der Waals surface area (Å²) in [6.07, 6.45) is 6.92. The van der Waals surface area contributed by atoms with Gasteiger partial charge in [0.15, 0.2) is 5.69 Å². The van der Waals surface area contributed by atoms with E-state index in [2.05, 4.69) is 20.6 Å². The Morgan fingerprint density at radius 3 is 2.47 bits per heavy atom. The quantitative estimate of drug-likeness (QED) is 0.720. The van der Waals surface area contributed by atoms with E-state index < -0.39 is 0 Å². The molecule has 3 atom stereocenters. The number of pyridine rings is 1. The summed E-state index contributed by atoms with van der Waals surface area (Å²) in [6.45, 7) is 1.29. The summed E-state index contributed by atoms with van der Waals surface area (Å²) in [5.74, 6) is 0.289. The number of para-hydroxylation sites is 1. The zero-order chi connectivity index (χ0) is 20.5. The number of carbonyl (C=O) groups excluding carboxylic acids is 2. The van der Waals surface area contributed by atoms with Crippen LogP contribution in [0.4, 0.5) is 0 Å². The van der Waals surface area contributed by atoms with Crippen molar-refractivity contribution in [3.05, 3.63) is 72.3 Å². The molecule has 1 unspecified atom stereocenters. The topological polar surface area (TPSA) is 93.0 Å². The number of nitrogens with one attached hydrogen (secondary N) is 1. The molecule has 0 radical (unpaired) electrons. The monoisotopic (exact) mass is 402 g/mol. The van der Waals surface area contributed by atoms with E-state index in [9.17, 15) is 9.59 Å². The van der Waals surface area contributed by atoms with E-state index in [1.54, 1.807) is 35.4 Å². The van der Waals surface area contributed by atoms with Crippen molar-refractivity contribution in [3.63, 3.8) is 0 Å². The molecule has 2 aliphatic rings. The van der Waals surface area contributed by atoms with Gasteiger partial charge in [-0.1, -0.05) is 23.4 Å². The molecular weight excluding hydrogens is 380 g/mol. The summed E-state index contributed by atoms with van der Waals surface area (Å²) in [6, 6.07) is 13.2. The van der Waals surface area contributed by atoms with Gasteiger partial charge in [-0.15, -0.1) is 5.10 Å². The van der Waals surface area contributed by atoms with Gasteiger partial charge in [0.05, 0.1) is 17.4 Å². The SMILES string of the molecule is O=C(NC1[C@@H]2CC[C@H]1CN(C(=O)c1cccnc1)C2)c1cn(-c2ccccc2)nn1. The van der Waals surface area contributed by atoms with Crippen molar-refractivity contribution in [2.45, 2.75) is 18.9 Å². The fourth-order valence-corrected chi connectivity index (χ4v) is 4.60. The van der Waals surface area contributed by atoms with Gasteiger partial charge >= 0.3 is 0 Å². The van der Waals surface area contributed by atoms with Gasteiger partial charge in [-0.2, -0.15) is 0 Å². The molecule has 1 saturated heterocycles. The van der Waals surface area contributed by atoms with E-state index in [-0.39, 0.29) is 29.7 Å². The van der Waals surface area contributed by atoms with Crippen LogP contribution in [0.5, 0.6) is 0 Å². The Morgan fingerprint density at radius 1 is 1.00 bits per heavy atom. The van der Waals surface area contributed by atoms with Crippen LogP contribution in [-0.4, -0.2) is 55.8 Å². The van der Waals surface area contributed by atoms with Gasteiger partial charge in [0, 0.05) is 31.5 Å². The number of hydrogen-bond acceptors (Lipinski definition) is 5. The highest BCUT2D eigenvalue weighted by molar-refractivity contribution is 5.94. The first-order valence-electron chi connectivity index (χ1n) is 10.2. The molecule has 2 bridgehead atoms. The van der Waals surface area contributed by atoms with Gasteiger partial charge in [0.2, 0.25) is 0 Å². The number of aromatic nitrogens is 4. The number of hydrogen-bond donors (Lipinski definition) is 1. The van der Waals surface area contributed by atoms with E-state index in [1.807, 2.05) is 35.2 Å².